The Morgan fingerprint density at radius 1 is 1.18 bits per heavy atom. The molecule has 0 saturated heterocycles. The van der Waals surface area contributed by atoms with E-state index in [2.05, 4.69) is 37.4 Å². The monoisotopic (exact) mass is 235 g/mol. The fourth-order valence-corrected chi connectivity index (χ4v) is 1.98. The molecule has 0 saturated carbocycles. The third-order valence-corrected chi connectivity index (χ3v) is 2.80. The molecule has 1 rings (SSSR count). The molecule has 1 N–H and O–H groups in total. The van der Waals surface area contributed by atoms with Crippen LogP contribution in [-0.2, 0) is 9.53 Å². The molecular weight excluding hydrogens is 214 g/mol. The van der Waals surface area contributed by atoms with Crippen molar-refractivity contribution in [3.8, 4) is 0 Å². The highest BCUT2D eigenvalue weighted by molar-refractivity contribution is 5.75. The average Bonchev–Trinajstić information content (AvgIpc) is 2.26. The Morgan fingerprint density at radius 3 is 2.18 bits per heavy atom. The van der Waals surface area contributed by atoms with E-state index in [1.807, 2.05) is 13.8 Å². The molecule has 3 heteroatoms. The molecule has 1 aromatic carbocycles. The standard InChI is InChI=1S/C14H21NO2/c1-9-6-10(2)8-13(7-9)11(3)15-12(4)14(16)17-5/h6-8,11-12,15H,1-5H3/t11?,12-/m0/s1. The van der Waals surface area contributed by atoms with E-state index in [0.29, 0.717) is 0 Å². The van der Waals surface area contributed by atoms with Crippen molar-refractivity contribution < 1.29 is 9.53 Å². The third-order valence-electron chi connectivity index (χ3n) is 2.80. The summed E-state index contributed by atoms with van der Waals surface area (Å²) in [5, 5.41) is 3.23. The second kappa shape index (κ2) is 5.82. The van der Waals surface area contributed by atoms with E-state index in [-0.39, 0.29) is 18.1 Å². The molecule has 2 atom stereocenters. The first-order valence-electron chi connectivity index (χ1n) is 5.86. The van der Waals surface area contributed by atoms with Gasteiger partial charge in [-0.05, 0) is 33.3 Å². The zero-order valence-electron chi connectivity index (χ0n) is 11.2. The van der Waals surface area contributed by atoms with Gasteiger partial charge in [0.1, 0.15) is 6.04 Å². The van der Waals surface area contributed by atoms with Crippen molar-refractivity contribution in [2.24, 2.45) is 0 Å². The number of aryl methyl sites for hydroxylation is 2. The molecule has 3 nitrogen and oxygen atoms in total. The molecule has 0 bridgehead atoms. The van der Waals surface area contributed by atoms with E-state index in [1.54, 1.807) is 0 Å². The zero-order valence-corrected chi connectivity index (χ0v) is 11.2. The van der Waals surface area contributed by atoms with Gasteiger partial charge in [0.05, 0.1) is 7.11 Å². The highest BCUT2D eigenvalue weighted by Gasteiger charge is 2.16. The molecular formula is C14H21NO2. The molecule has 0 aliphatic carbocycles. The summed E-state index contributed by atoms with van der Waals surface area (Å²) >= 11 is 0. The lowest BCUT2D eigenvalue weighted by molar-refractivity contribution is -0.142. The number of esters is 1. The minimum absolute atomic E-state index is 0.127. The van der Waals surface area contributed by atoms with Gasteiger partial charge in [-0.3, -0.25) is 10.1 Å². The van der Waals surface area contributed by atoms with E-state index in [4.69, 9.17) is 4.74 Å². The Kier molecular flexibility index (Phi) is 4.70. The van der Waals surface area contributed by atoms with Gasteiger partial charge in [-0.15, -0.1) is 0 Å². The van der Waals surface area contributed by atoms with E-state index in [9.17, 15) is 4.79 Å². The van der Waals surface area contributed by atoms with Gasteiger partial charge in [0.15, 0.2) is 0 Å². The maximum Gasteiger partial charge on any atom is 0.322 e. The Bertz CT molecular complexity index is 381. The predicted molar refractivity (Wildman–Crippen MR) is 68.9 cm³/mol. The topological polar surface area (TPSA) is 38.3 Å². The molecule has 1 aromatic rings. The fourth-order valence-electron chi connectivity index (χ4n) is 1.98. The summed E-state index contributed by atoms with van der Waals surface area (Å²) in [6.07, 6.45) is 0. The number of rotatable bonds is 4. The third kappa shape index (κ3) is 3.86. The summed E-state index contributed by atoms with van der Waals surface area (Å²) in [4.78, 5) is 11.3. The van der Waals surface area contributed by atoms with Crippen LogP contribution >= 0.6 is 0 Å². The maximum absolute atomic E-state index is 11.3. The molecule has 0 spiro atoms. The van der Waals surface area contributed by atoms with Crippen LogP contribution in [0.25, 0.3) is 0 Å². The number of hydrogen-bond acceptors (Lipinski definition) is 3. The molecule has 0 aromatic heterocycles. The number of benzene rings is 1. The normalized spacial score (nSPS) is 14.2. The lowest BCUT2D eigenvalue weighted by atomic mass is 10.0. The van der Waals surface area contributed by atoms with Crippen LogP contribution in [0.15, 0.2) is 18.2 Å². The summed E-state index contributed by atoms with van der Waals surface area (Å²) in [5.74, 6) is -0.235. The average molecular weight is 235 g/mol. The fraction of sp³-hybridized carbons (Fsp3) is 0.500. The van der Waals surface area contributed by atoms with Gasteiger partial charge in [0.25, 0.3) is 0 Å². The lowest BCUT2D eigenvalue weighted by Gasteiger charge is -2.19. The quantitative estimate of drug-likeness (QED) is 0.815. The van der Waals surface area contributed by atoms with Crippen LogP contribution in [0.1, 0.15) is 36.6 Å². The Labute approximate surface area is 103 Å². The highest BCUT2D eigenvalue weighted by atomic mass is 16.5. The first kappa shape index (κ1) is 13.7. The molecule has 0 aliphatic rings. The first-order chi connectivity index (χ1) is 7.93. The van der Waals surface area contributed by atoms with Crippen molar-refractivity contribution in [1.29, 1.82) is 0 Å². The van der Waals surface area contributed by atoms with Gasteiger partial charge in [-0.1, -0.05) is 29.3 Å². The molecule has 0 amide bonds. The van der Waals surface area contributed by atoms with Crippen LogP contribution in [0.3, 0.4) is 0 Å². The van der Waals surface area contributed by atoms with Crippen molar-refractivity contribution >= 4 is 5.97 Å². The van der Waals surface area contributed by atoms with Crippen molar-refractivity contribution in [2.45, 2.75) is 39.8 Å². The Balaban J connectivity index is 2.75. The SMILES string of the molecule is COC(=O)[C@H](C)NC(C)c1cc(C)cc(C)c1. The predicted octanol–water partition coefficient (Wildman–Crippen LogP) is 2.52. The summed E-state index contributed by atoms with van der Waals surface area (Å²) < 4.78 is 4.69. The first-order valence-corrected chi connectivity index (χ1v) is 5.86. The van der Waals surface area contributed by atoms with Gasteiger partial charge < -0.3 is 4.74 Å². The number of hydrogen-bond donors (Lipinski definition) is 1. The highest BCUT2D eigenvalue weighted by Crippen LogP contribution is 2.17. The van der Waals surface area contributed by atoms with Crippen LogP contribution in [0.5, 0.6) is 0 Å². The van der Waals surface area contributed by atoms with Crippen molar-refractivity contribution in [3.63, 3.8) is 0 Å². The van der Waals surface area contributed by atoms with Gasteiger partial charge >= 0.3 is 5.97 Å². The summed E-state index contributed by atoms with van der Waals surface area (Å²) in [6.45, 7) is 8.01. The number of methoxy groups -OCH3 is 1. The molecule has 94 valence electrons. The van der Waals surface area contributed by atoms with Crippen LogP contribution in [-0.4, -0.2) is 19.1 Å². The summed E-state index contributed by atoms with van der Waals surface area (Å²) in [7, 11) is 1.40. The molecule has 17 heavy (non-hydrogen) atoms. The van der Waals surface area contributed by atoms with Gasteiger partial charge in [0, 0.05) is 6.04 Å². The van der Waals surface area contributed by atoms with Crippen LogP contribution in [0.2, 0.25) is 0 Å². The largest absolute Gasteiger partial charge is 0.468 e. The summed E-state index contributed by atoms with van der Waals surface area (Å²) in [5.41, 5.74) is 3.66. The summed E-state index contributed by atoms with van der Waals surface area (Å²) in [6, 6.07) is 6.24. The van der Waals surface area contributed by atoms with Gasteiger partial charge in [-0.25, -0.2) is 0 Å². The van der Waals surface area contributed by atoms with Gasteiger partial charge in [-0.2, -0.15) is 0 Å². The minimum atomic E-state index is -0.296. The van der Waals surface area contributed by atoms with Crippen LogP contribution in [0.4, 0.5) is 0 Å². The molecule has 1 unspecified atom stereocenters. The Hall–Kier alpha value is -1.35. The number of nitrogens with one attached hydrogen (secondary N) is 1. The number of ether oxygens (including phenoxy) is 1. The smallest absolute Gasteiger partial charge is 0.322 e. The van der Waals surface area contributed by atoms with Gasteiger partial charge in [0.2, 0.25) is 0 Å². The van der Waals surface area contributed by atoms with Crippen LogP contribution in [0, 0.1) is 13.8 Å². The molecule has 0 heterocycles. The molecule has 0 radical (unpaired) electrons. The van der Waals surface area contributed by atoms with E-state index in [1.165, 1.54) is 23.8 Å². The number of carbonyl (C=O) groups is 1. The van der Waals surface area contributed by atoms with Crippen molar-refractivity contribution in [3.05, 3.63) is 34.9 Å². The van der Waals surface area contributed by atoms with Crippen LogP contribution < -0.4 is 5.32 Å². The van der Waals surface area contributed by atoms with E-state index >= 15 is 0 Å². The molecule has 0 aliphatic heterocycles. The van der Waals surface area contributed by atoms with E-state index in [0.717, 1.165) is 0 Å². The maximum atomic E-state index is 11.3. The second-order valence-electron chi connectivity index (χ2n) is 4.55. The number of carbonyl (C=O) groups excluding carboxylic acids is 1. The van der Waals surface area contributed by atoms with Crippen molar-refractivity contribution in [1.82, 2.24) is 5.32 Å². The minimum Gasteiger partial charge on any atom is -0.468 e. The molecule has 0 fully saturated rings. The van der Waals surface area contributed by atoms with Crippen molar-refractivity contribution in [2.75, 3.05) is 7.11 Å². The Morgan fingerprint density at radius 2 is 1.71 bits per heavy atom. The lowest BCUT2D eigenvalue weighted by Crippen LogP contribution is -2.36. The second-order valence-corrected chi connectivity index (χ2v) is 4.55. The van der Waals surface area contributed by atoms with E-state index < -0.39 is 0 Å². The zero-order chi connectivity index (χ0) is 13.0.